The van der Waals surface area contributed by atoms with E-state index in [4.69, 9.17) is 0 Å². The summed E-state index contributed by atoms with van der Waals surface area (Å²) in [7, 11) is 0. The van der Waals surface area contributed by atoms with Gasteiger partial charge >= 0.3 is 0 Å². The normalized spacial score (nSPS) is 12.9. The van der Waals surface area contributed by atoms with Crippen molar-refractivity contribution in [2.24, 2.45) is 0 Å². The van der Waals surface area contributed by atoms with Crippen molar-refractivity contribution >= 4 is 45.5 Å². The molecule has 0 atom stereocenters. The minimum absolute atomic E-state index is 0.00670. The highest BCUT2D eigenvalue weighted by molar-refractivity contribution is 7.99. The Balaban J connectivity index is 0.990. The number of anilines is 4. The molecule has 0 amide bonds. The van der Waals surface area contributed by atoms with Crippen LogP contribution < -0.4 is 14.4 Å². The van der Waals surface area contributed by atoms with Crippen molar-refractivity contribution < 1.29 is 4.57 Å². The van der Waals surface area contributed by atoms with Crippen LogP contribution in [0.2, 0.25) is 0 Å². The first-order valence-electron chi connectivity index (χ1n) is 21.9. The first-order valence-corrected chi connectivity index (χ1v) is 22.7. The highest BCUT2D eigenvalue weighted by atomic mass is 32.2. The van der Waals surface area contributed by atoms with Crippen LogP contribution in [0.5, 0.6) is 0 Å². The van der Waals surface area contributed by atoms with Gasteiger partial charge < -0.3 is 9.80 Å². The van der Waals surface area contributed by atoms with E-state index in [1.54, 1.807) is 11.8 Å². The van der Waals surface area contributed by atoms with E-state index in [0.717, 1.165) is 33.0 Å². The van der Waals surface area contributed by atoms with Gasteiger partial charge in [0, 0.05) is 21.0 Å². The van der Waals surface area contributed by atoms with Crippen LogP contribution in [-0.4, -0.2) is 11.2 Å². The number of nitrogens with zero attached hydrogens (tertiary/aromatic N) is 4. The number of benzene rings is 8. The summed E-state index contributed by atoms with van der Waals surface area (Å²) in [6.07, 6.45) is 3.81. The Hall–Kier alpha value is -6.82. The summed E-state index contributed by atoms with van der Waals surface area (Å²) in [6.45, 7) is 14.4. The summed E-state index contributed by atoms with van der Waals surface area (Å²) in [6, 6.07) is 70.6. The topological polar surface area (TPSA) is 15.3 Å². The SMILES string of the molecule is CC(C)(C)c1ccc(-c2ccccc2)c(N2CN(c3cccc(Sc4cccc(-n5[c-][n+](-c6cc(C(C)(C)C)ccc6-c6ccccc6)c6ccccc65)c4)c3)c3ccccc32)c1. The lowest BCUT2D eigenvalue weighted by molar-refractivity contribution is -0.571. The molecule has 1 aliphatic rings. The van der Waals surface area contributed by atoms with Crippen LogP contribution >= 0.6 is 11.8 Å². The second-order valence-electron chi connectivity index (χ2n) is 18.5. The van der Waals surface area contributed by atoms with E-state index in [0.29, 0.717) is 6.67 Å². The summed E-state index contributed by atoms with van der Waals surface area (Å²) >= 11 is 1.79. The van der Waals surface area contributed by atoms with Crippen molar-refractivity contribution in [2.75, 3.05) is 16.5 Å². The van der Waals surface area contributed by atoms with E-state index in [1.807, 2.05) is 0 Å². The molecule has 0 saturated heterocycles. The largest absolute Gasteiger partial charge is 0.321 e. The smallest absolute Gasteiger partial charge is 0.269 e. The maximum absolute atomic E-state index is 3.81. The van der Waals surface area contributed by atoms with Gasteiger partial charge in [0.1, 0.15) is 6.67 Å². The zero-order valence-electron chi connectivity index (χ0n) is 36.9. The van der Waals surface area contributed by atoms with Crippen LogP contribution in [0.15, 0.2) is 204 Å². The Morgan fingerprint density at radius 3 is 1.67 bits per heavy atom. The predicted octanol–water partition coefficient (Wildman–Crippen LogP) is 15.0. The zero-order chi connectivity index (χ0) is 43.3. The van der Waals surface area contributed by atoms with Gasteiger partial charge in [0.05, 0.1) is 39.5 Å². The van der Waals surface area contributed by atoms with Crippen molar-refractivity contribution in [1.29, 1.82) is 0 Å². The molecule has 9 aromatic rings. The molecule has 1 aliphatic heterocycles. The molecule has 10 rings (SSSR count). The van der Waals surface area contributed by atoms with E-state index in [9.17, 15) is 0 Å². The van der Waals surface area contributed by atoms with Crippen LogP contribution in [0, 0.1) is 6.33 Å². The minimum atomic E-state index is -0.00670. The second kappa shape index (κ2) is 16.1. The maximum atomic E-state index is 3.81. The molecule has 310 valence electrons. The highest BCUT2D eigenvalue weighted by Gasteiger charge is 2.30. The molecule has 0 unspecified atom stereocenters. The van der Waals surface area contributed by atoms with Gasteiger partial charge in [0.2, 0.25) is 0 Å². The number of para-hydroxylation sites is 4. The van der Waals surface area contributed by atoms with Crippen molar-refractivity contribution in [1.82, 2.24) is 4.57 Å². The van der Waals surface area contributed by atoms with Gasteiger partial charge in [-0.05, 0) is 99.3 Å². The molecule has 1 aromatic heterocycles. The lowest BCUT2D eigenvalue weighted by atomic mass is 9.85. The van der Waals surface area contributed by atoms with E-state index in [1.165, 1.54) is 55.3 Å². The molecule has 0 bridgehead atoms. The van der Waals surface area contributed by atoms with Crippen molar-refractivity contribution in [3.05, 3.63) is 212 Å². The van der Waals surface area contributed by atoms with Crippen LogP contribution in [0.3, 0.4) is 0 Å². The Labute approximate surface area is 376 Å². The van der Waals surface area contributed by atoms with E-state index >= 15 is 0 Å². The third-order valence-corrected chi connectivity index (χ3v) is 13.2. The summed E-state index contributed by atoms with van der Waals surface area (Å²) in [5, 5.41) is 0. The average molecular weight is 837 g/mol. The fraction of sp³-hybridized carbons (Fsp3) is 0.155. The number of fused-ring (bicyclic) bond motifs is 2. The molecule has 0 aliphatic carbocycles. The molecule has 2 heterocycles. The molecule has 4 nitrogen and oxygen atoms in total. The third-order valence-electron chi connectivity index (χ3n) is 12.2. The molecule has 5 heteroatoms. The average Bonchev–Trinajstić information content (AvgIpc) is 3.89. The van der Waals surface area contributed by atoms with Gasteiger partial charge in [-0.3, -0.25) is 9.13 Å². The maximum Gasteiger partial charge on any atom is 0.269 e. The number of aromatic nitrogens is 2. The molecule has 63 heavy (non-hydrogen) atoms. The molecule has 0 radical (unpaired) electrons. The van der Waals surface area contributed by atoms with Crippen molar-refractivity contribution in [3.8, 4) is 33.6 Å². The quantitative estimate of drug-likeness (QED) is 0.112. The zero-order valence-corrected chi connectivity index (χ0v) is 37.7. The van der Waals surface area contributed by atoms with Crippen LogP contribution in [-0.2, 0) is 10.8 Å². The van der Waals surface area contributed by atoms with Gasteiger partial charge in [0.25, 0.3) is 6.33 Å². The van der Waals surface area contributed by atoms with Crippen LogP contribution in [0.1, 0.15) is 52.7 Å². The second-order valence-corrected chi connectivity index (χ2v) is 19.7. The van der Waals surface area contributed by atoms with E-state index in [-0.39, 0.29) is 10.8 Å². The van der Waals surface area contributed by atoms with Crippen LogP contribution in [0.4, 0.5) is 22.7 Å². The van der Waals surface area contributed by atoms with Gasteiger partial charge in [-0.15, -0.1) is 0 Å². The molecule has 0 fully saturated rings. The minimum Gasteiger partial charge on any atom is -0.321 e. The van der Waals surface area contributed by atoms with Gasteiger partial charge in [-0.2, -0.15) is 0 Å². The molecule has 0 saturated carbocycles. The van der Waals surface area contributed by atoms with Crippen molar-refractivity contribution in [3.63, 3.8) is 0 Å². The number of hydrogen-bond acceptors (Lipinski definition) is 3. The Morgan fingerprint density at radius 2 is 1.00 bits per heavy atom. The van der Waals surface area contributed by atoms with E-state index in [2.05, 4.69) is 261 Å². The standard InChI is InChI=1S/C58H52N4S/c1-57(2,3)43-31-33-49(41-19-9-7-10-20-41)55(35-43)61-39-59(51-27-13-15-29-53(51)61)45-23-17-25-47(37-45)63-48-26-18-24-46(38-48)60-40-62(54-30-16-14-28-52(54)60)56-36-44(58(4,5)6)32-34-50(56)42-21-11-8-12-22-42/h7-38H,39H2,1-6H3. The summed E-state index contributed by atoms with van der Waals surface area (Å²) in [4.78, 5) is 7.29. The fourth-order valence-corrected chi connectivity index (χ4v) is 9.66. The lowest BCUT2D eigenvalue weighted by Gasteiger charge is -2.27. The van der Waals surface area contributed by atoms with Gasteiger partial charge in [-0.25, -0.2) is 0 Å². The number of imidazole rings is 1. The Bertz CT molecular complexity index is 3100. The third kappa shape index (κ3) is 7.83. The van der Waals surface area contributed by atoms with Gasteiger partial charge in [0.15, 0.2) is 0 Å². The van der Waals surface area contributed by atoms with Gasteiger partial charge in [-0.1, -0.05) is 187 Å². The van der Waals surface area contributed by atoms with Crippen molar-refractivity contribution in [2.45, 2.75) is 62.2 Å². The Kier molecular flexibility index (Phi) is 10.3. The molecular formula is C58H52N4S. The summed E-state index contributed by atoms with van der Waals surface area (Å²) in [5.74, 6) is 0. The molecule has 0 N–H and O–H groups in total. The predicted molar refractivity (Wildman–Crippen MR) is 265 cm³/mol. The summed E-state index contributed by atoms with van der Waals surface area (Å²) in [5.41, 5.74) is 16.6. The monoisotopic (exact) mass is 836 g/mol. The number of rotatable bonds is 8. The lowest BCUT2D eigenvalue weighted by Crippen LogP contribution is -2.31. The van der Waals surface area contributed by atoms with Crippen LogP contribution in [0.25, 0.3) is 44.7 Å². The first-order chi connectivity index (χ1) is 30.5. The van der Waals surface area contributed by atoms with E-state index < -0.39 is 0 Å². The Morgan fingerprint density at radius 1 is 0.460 bits per heavy atom. The molecule has 8 aromatic carbocycles. The number of hydrogen-bond donors (Lipinski definition) is 0. The first kappa shape index (κ1) is 40.3. The molecule has 0 spiro atoms. The highest BCUT2D eigenvalue weighted by Crippen LogP contribution is 2.48. The summed E-state index contributed by atoms with van der Waals surface area (Å²) < 4.78 is 4.46. The fourth-order valence-electron chi connectivity index (χ4n) is 8.74. The molecular weight excluding hydrogens is 785 g/mol.